The average molecular weight is 226 g/mol. The van der Waals surface area contributed by atoms with Crippen LogP contribution in [0.5, 0.6) is 0 Å². The van der Waals surface area contributed by atoms with Crippen molar-refractivity contribution in [2.45, 2.75) is 44.7 Å². The van der Waals surface area contributed by atoms with Gasteiger partial charge in [-0.05, 0) is 38.5 Å². The van der Waals surface area contributed by atoms with E-state index in [9.17, 15) is 4.79 Å². The van der Waals surface area contributed by atoms with Crippen molar-refractivity contribution >= 4 is 5.91 Å². The van der Waals surface area contributed by atoms with Gasteiger partial charge in [-0.3, -0.25) is 4.79 Å². The Bertz CT molecular complexity index is 245. The minimum absolute atomic E-state index is 0.110. The van der Waals surface area contributed by atoms with E-state index in [4.69, 9.17) is 10.5 Å². The summed E-state index contributed by atoms with van der Waals surface area (Å²) in [5.74, 6) is 0.837. The molecular formula is C12H22N2O2. The molecule has 2 rings (SSSR count). The van der Waals surface area contributed by atoms with Gasteiger partial charge < -0.3 is 15.4 Å². The van der Waals surface area contributed by atoms with Crippen LogP contribution in [-0.2, 0) is 9.53 Å². The minimum Gasteiger partial charge on any atom is -0.381 e. The van der Waals surface area contributed by atoms with Gasteiger partial charge in [0, 0.05) is 25.8 Å². The Morgan fingerprint density at radius 1 is 1.38 bits per heavy atom. The van der Waals surface area contributed by atoms with Crippen LogP contribution >= 0.6 is 0 Å². The van der Waals surface area contributed by atoms with Crippen LogP contribution in [0.1, 0.15) is 32.6 Å². The first-order valence-electron chi connectivity index (χ1n) is 6.32. The molecule has 2 aliphatic rings. The topological polar surface area (TPSA) is 55.6 Å². The zero-order valence-corrected chi connectivity index (χ0v) is 10.0. The van der Waals surface area contributed by atoms with Gasteiger partial charge in [-0.2, -0.15) is 0 Å². The van der Waals surface area contributed by atoms with Crippen LogP contribution in [-0.4, -0.2) is 42.6 Å². The number of nitrogens with two attached hydrogens (primary N) is 1. The zero-order chi connectivity index (χ0) is 11.5. The molecule has 1 saturated heterocycles. The third-order valence-electron chi connectivity index (χ3n) is 3.46. The molecule has 2 N–H and O–H groups in total. The Morgan fingerprint density at radius 3 is 2.50 bits per heavy atom. The fourth-order valence-corrected chi connectivity index (χ4v) is 2.26. The molecule has 0 radical (unpaired) electrons. The monoisotopic (exact) mass is 226 g/mol. The second-order valence-corrected chi connectivity index (χ2v) is 5.07. The van der Waals surface area contributed by atoms with Crippen LogP contribution in [0.3, 0.4) is 0 Å². The van der Waals surface area contributed by atoms with Crippen molar-refractivity contribution in [2.24, 2.45) is 11.7 Å². The van der Waals surface area contributed by atoms with Gasteiger partial charge in [0.1, 0.15) is 0 Å². The van der Waals surface area contributed by atoms with Gasteiger partial charge in [-0.15, -0.1) is 0 Å². The Morgan fingerprint density at radius 2 is 2.00 bits per heavy atom. The molecule has 1 saturated carbocycles. The minimum atomic E-state index is -0.374. The normalized spacial score (nSPS) is 24.1. The van der Waals surface area contributed by atoms with Crippen molar-refractivity contribution in [1.29, 1.82) is 0 Å². The summed E-state index contributed by atoms with van der Waals surface area (Å²) in [6.45, 7) is 4.24. The summed E-state index contributed by atoms with van der Waals surface area (Å²) in [7, 11) is 0. The Balaban J connectivity index is 1.96. The summed E-state index contributed by atoms with van der Waals surface area (Å²) in [4.78, 5) is 14.1. The molecule has 1 aliphatic heterocycles. The van der Waals surface area contributed by atoms with Crippen molar-refractivity contribution in [2.75, 3.05) is 19.8 Å². The van der Waals surface area contributed by atoms with Gasteiger partial charge in [-0.25, -0.2) is 0 Å². The first kappa shape index (κ1) is 11.9. The molecule has 16 heavy (non-hydrogen) atoms. The molecule has 1 atom stereocenters. The second-order valence-electron chi connectivity index (χ2n) is 5.07. The predicted molar refractivity (Wildman–Crippen MR) is 61.9 cm³/mol. The average Bonchev–Trinajstić information content (AvgIpc) is 3.10. The molecule has 0 aromatic rings. The first-order chi connectivity index (χ1) is 7.68. The summed E-state index contributed by atoms with van der Waals surface area (Å²) in [5, 5.41) is 0. The van der Waals surface area contributed by atoms with Crippen molar-refractivity contribution < 1.29 is 9.53 Å². The molecule has 1 aliphatic carbocycles. The molecule has 1 amide bonds. The molecule has 0 spiro atoms. The zero-order valence-electron chi connectivity index (χ0n) is 10.0. The van der Waals surface area contributed by atoms with Gasteiger partial charge >= 0.3 is 0 Å². The van der Waals surface area contributed by atoms with Crippen LogP contribution < -0.4 is 5.73 Å². The Hall–Kier alpha value is -0.610. The molecule has 1 unspecified atom stereocenters. The maximum atomic E-state index is 12.1. The number of carbonyl (C=O) groups is 1. The fourth-order valence-electron chi connectivity index (χ4n) is 2.26. The molecule has 0 aromatic carbocycles. The van der Waals surface area contributed by atoms with Gasteiger partial charge in [-0.1, -0.05) is 0 Å². The van der Waals surface area contributed by atoms with Crippen LogP contribution in [0.2, 0.25) is 0 Å². The van der Waals surface area contributed by atoms with Crippen molar-refractivity contribution in [3.63, 3.8) is 0 Å². The number of hydrogen-bond acceptors (Lipinski definition) is 3. The van der Waals surface area contributed by atoms with Gasteiger partial charge in [0.05, 0.1) is 6.04 Å². The molecule has 2 fully saturated rings. The van der Waals surface area contributed by atoms with E-state index in [0.717, 1.165) is 38.5 Å². The molecule has 4 heteroatoms. The first-order valence-corrected chi connectivity index (χ1v) is 6.32. The molecule has 0 aromatic heterocycles. The quantitative estimate of drug-likeness (QED) is 0.769. The van der Waals surface area contributed by atoms with E-state index in [2.05, 4.69) is 0 Å². The summed E-state index contributed by atoms with van der Waals surface area (Å²) in [6, 6.07) is -0.0190. The highest BCUT2D eigenvalue weighted by Gasteiger charge is 2.32. The highest BCUT2D eigenvalue weighted by atomic mass is 16.5. The summed E-state index contributed by atoms with van der Waals surface area (Å²) in [5.41, 5.74) is 5.72. The Kier molecular flexibility index (Phi) is 3.82. The van der Waals surface area contributed by atoms with E-state index >= 15 is 0 Å². The third-order valence-corrected chi connectivity index (χ3v) is 3.46. The lowest BCUT2D eigenvalue weighted by Crippen LogP contribution is -2.50. The maximum Gasteiger partial charge on any atom is 0.239 e. The van der Waals surface area contributed by atoms with E-state index in [1.165, 1.54) is 12.8 Å². The molecule has 0 bridgehead atoms. The van der Waals surface area contributed by atoms with Gasteiger partial charge in [0.15, 0.2) is 0 Å². The van der Waals surface area contributed by atoms with Gasteiger partial charge in [0.2, 0.25) is 5.91 Å². The summed E-state index contributed by atoms with van der Waals surface area (Å²) in [6.07, 6.45) is 4.47. The van der Waals surface area contributed by atoms with Crippen molar-refractivity contribution in [1.82, 2.24) is 4.90 Å². The fraction of sp³-hybridized carbons (Fsp3) is 0.917. The number of nitrogens with zero attached hydrogens (tertiary/aromatic N) is 1. The standard InChI is InChI=1S/C12H22N2O2/c1-9(13)12(15)14(8-10-2-3-10)11-4-6-16-7-5-11/h9-11H,2-8,13H2,1H3. The lowest BCUT2D eigenvalue weighted by Gasteiger charge is -2.35. The van der Waals surface area contributed by atoms with E-state index in [0.29, 0.717) is 6.04 Å². The largest absolute Gasteiger partial charge is 0.381 e. The van der Waals surface area contributed by atoms with Gasteiger partial charge in [0.25, 0.3) is 0 Å². The smallest absolute Gasteiger partial charge is 0.239 e. The highest BCUT2D eigenvalue weighted by molar-refractivity contribution is 5.81. The number of hydrogen-bond donors (Lipinski definition) is 1. The number of carbonyl (C=O) groups excluding carboxylic acids is 1. The van der Waals surface area contributed by atoms with Crippen LogP contribution in [0, 0.1) is 5.92 Å². The van der Waals surface area contributed by atoms with E-state index < -0.39 is 0 Å². The van der Waals surface area contributed by atoms with E-state index in [1.807, 2.05) is 4.90 Å². The predicted octanol–water partition coefficient (Wildman–Crippen LogP) is 0.751. The molecule has 92 valence electrons. The summed E-state index contributed by atoms with van der Waals surface area (Å²) >= 11 is 0. The van der Waals surface area contributed by atoms with Crippen LogP contribution in [0.4, 0.5) is 0 Å². The molecule has 4 nitrogen and oxygen atoms in total. The lowest BCUT2D eigenvalue weighted by molar-refractivity contribution is -0.136. The lowest BCUT2D eigenvalue weighted by atomic mass is 10.1. The number of ether oxygens (including phenoxy) is 1. The highest BCUT2D eigenvalue weighted by Crippen LogP contribution is 2.31. The summed E-state index contributed by atoms with van der Waals surface area (Å²) < 4.78 is 5.34. The molecule has 1 heterocycles. The molecular weight excluding hydrogens is 204 g/mol. The number of amides is 1. The maximum absolute atomic E-state index is 12.1. The van der Waals surface area contributed by atoms with Crippen LogP contribution in [0.25, 0.3) is 0 Å². The van der Waals surface area contributed by atoms with Crippen molar-refractivity contribution in [3.05, 3.63) is 0 Å². The van der Waals surface area contributed by atoms with Crippen molar-refractivity contribution in [3.8, 4) is 0 Å². The van der Waals surface area contributed by atoms with E-state index in [-0.39, 0.29) is 11.9 Å². The SMILES string of the molecule is CC(N)C(=O)N(CC1CC1)C1CCOCC1. The number of rotatable bonds is 4. The second kappa shape index (κ2) is 5.15. The van der Waals surface area contributed by atoms with E-state index in [1.54, 1.807) is 6.92 Å². The third kappa shape index (κ3) is 2.95. The van der Waals surface area contributed by atoms with Crippen LogP contribution in [0.15, 0.2) is 0 Å². The Labute approximate surface area is 97.1 Å².